The van der Waals surface area contributed by atoms with Crippen molar-refractivity contribution in [1.82, 2.24) is 20.0 Å². The van der Waals surface area contributed by atoms with Gasteiger partial charge in [-0.25, -0.2) is 0 Å². The number of piperazine rings is 1. The van der Waals surface area contributed by atoms with Gasteiger partial charge in [0.1, 0.15) is 18.9 Å². The van der Waals surface area contributed by atoms with Gasteiger partial charge in [-0.2, -0.15) is 5.10 Å². The molecule has 1 saturated heterocycles. The maximum Gasteiger partial charge on any atom is 0.246 e. The molecular weight excluding hydrogens is 507 g/mol. The molecule has 1 aliphatic heterocycles. The van der Waals surface area contributed by atoms with Crippen molar-refractivity contribution in [2.24, 2.45) is 12.0 Å². The van der Waals surface area contributed by atoms with Crippen LogP contribution in [-0.4, -0.2) is 65.9 Å². The van der Waals surface area contributed by atoms with Gasteiger partial charge in [0.05, 0.1) is 11.9 Å². The van der Waals surface area contributed by atoms with Gasteiger partial charge in [-0.15, -0.1) is 30.4 Å². The van der Waals surface area contributed by atoms with Gasteiger partial charge in [0.2, 0.25) is 5.91 Å². The van der Waals surface area contributed by atoms with Gasteiger partial charge in [-0.3, -0.25) is 14.5 Å². The van der Waals surface area contributed by atoms with E-state index in [1.807, 2.05) is 49.3 Å². The van der Waals surface area contributed by atoms with E-state index in [1.54, 1.807) is 15.8 Å². The number of guanidine groups is 1. The molecule has 166 valence electrons. The Hall–Kier alpha value is -2.74. The summed E-state index contributed by atoms with van der Waals surface area (Å²) in [5, 5.41) is 7.46. The number of amides is 1. The lowest BCUT2D eigenvalue weighted by Crippen LogP contribution is -2.55. The second kappa shape index (κ2) is 12.2. The quantitative estimate of drug-likeness (QED) is 0.253. The molecular formula is C22H29IN6O2. The lowest BCUT2D eigenvalue weighted by molar-refractivity contribution is -0.120. The molecule has 0 atom stereocenters. The highest BCUT2D eigenvalue weighted by atomic mass is 127. The van der Waals surface area contributed by atoms with Crippen LogP contribution in [-0.2, 0) is 18.3 Å². The SMILES string of the molecule is C#CCOc1ccc(CCN=C(NCC)N2CCN(c3cnn(C)c3)C(=O)C2)cc1.I. The number of hydrogen-bond acceptors (Lipinski definition) is 4. The van der Waals surface area contributed by atoms with Crippen molar-refractivity contribution in [3.63, 3.8) is 0 Å². The second-order valence-electron chi connectivity index (χ2n) is 6.96. The number of nitrogens with one attached hydrogen (secondary N) is 1. The number of carbonyl (C=O) groups is 1. The Labute approximate surface area is 200 Å². The van der Waals surface area contributed by atoms with E-state index in [-0.39, 0.29) is 36.5 Å². The number of hydrogen-bond donors (Lipinski definition) is 1. The number of rotatable bonds is 7. The number of nitrogens with zero attached hydrogens (tertiary/aromatic N) is 5. The number of benzene rings is 1. The molecule has 9 heteroatoms. The average molecular weight is 536 g/mol. The molecule has 0 radical (unpaired) electrons. The molecule has 8 nitrogen and oxygen atoms in total. The van der Waals surface area contributed by atoms with Crippen LogP contribution in [0.5, 0.6) is 5.75 Å². The first-order chi connectivity index (χ1) is 14.6. The minimum absolute atomic E-state index is 0. The van der Waals surface area contributed by atoms with Crippen molar-refractivity contribution >= 4 is 41.5 Å². The third-order valence-corrected chi connectivity index (χ3v) is 4.77. The monoisotopic (exact) mass is 536 g/mol. The predicted molar refractivity (Wildman–Crippen MR) is 133 cm³/mol. The van der Waals surface area contributed by atoms with Crippen LogP contribution in [0.1, 0.15) is 12.5 Å². The zero-order valence-electron chi connectivity index (χ0n) is 18.0. The standard InChI is InChI=1S/C22H28N6O2.HI/c1-4-14-30-20-8-6-18(7-9-20)10-11-24-22(23-5-2)27-12-13-28(21(29)17-27)19-15-25-26(3)16-19;/h1,6-9,15-16H,5,10-14,17H2,2-3H3,(H,23,24);1H. The van der Waals surface area contributed by atoms with Crippen LogP contribution < -0.4 is 15.0 Å². The Morgan fingerprint density at radius 2 is 2.10 bits per heavy atom. The van der Waals surface area contributed by atoms with E-state index in [0.717, 1.165) is 30.4 Å². The summed E-state index contributed by atoms with van der Waals surface area (Å²) in [7, 11) is 1.85. The lowest BCUT2D eigenvalue weighted by Gasteiger charge is -2.35. The molecule has 3 rings (SSSR count). The van der Waals surface area contributed by atoms with E-state index >= 15 is 0 Å². The van der Waals surface area contributed by atoms with Gasteiger partial charge in [0.25, 0.3) is 0 Å². The largest absolute Gasteiger partial charge is 0.481 e. The van der Waals surface area contributed by atoms with Gasteiger partial charge in [0, 0.05) is 39.4 Å². The lowest BCUT2D eigenvalue weighted by atomic mass is 10.1. The first-order valence-electron chi connectivity index (χ1n) is 10.1. The van der Waals surface area contributed by atoms with Crippen molar-refractivity contribution in [2.45, 2.75) is 13.3 Å². The predicted octanol–water partition coefficient (Wildman–Crippen LogP) is 1.91. The molecule has 0 aliphatic carbocycles. The second-order valence-corrected chi connectivity index (χ2v) is 6.96. The van der Waals surface area contributed by atoms with Gasteiger partial charge < -0.3 is 19.9 Å². The Bertz CT molecular complexity index is 919. The molecule has 1 N–H and O–H groups in total. The molecule has 2 heterocycles. The van der Waals surface area contributed by atoms with E-state index in [2.05, 4.69) is 16.3 Å². The Morgan fingerprint density at radius 1 is 1.32 bits per heavy atom. The summed E-state index contributed by atoms with van der Waals surface area (Å²) >= 11 is 0. The maximum atomic E-state index is 12.7. The molecule has 0 saturated carbocycles. The average Bonchev–Trinajstić information content (AvgIpc) is 3.18. The molecule has 1 aliphatic rings. The zero-order chi connectivity index (χ0) is 21.3. The summed E-state index contributed by atoms with van der Waals surface area (Å²) in [4.78, 5) is 21.2. The number of aromatic nitrogens is 2. The number of anilines is 1. The fraction of sp³-hybridized carbons (Fsp3) is 0.409. The Kier molecular flexibility index (Phi) is 9.65. The molecule has 2 aromatic rings. The summed E-state index contributed by atoms with van der Waals surface area (Å²) in [6, 6.07) is 7.87. The summed E-state index contributed by atoms with van der Waals surface area (Å²) in [6.45, 7) is 5.28. The number of aliphatic imine (C=N–C) groups is 1. The molecule has 31 heavy (non-hydrogen) atoms. The number of aryl methyl sites for hydroxylation is 1. The summed E-state index contributed by atoms with van der Waals surface area (Å²) in [5.74, 6) is 4.03. The summed E-state index contributed by atoms with van der Waals surface area (Å²) in [6.07, 6.45) is 9.58. The maximum absolute atomic E-state index is 12.7. The minimum atomic E-state index is 0. The van der Waals surface area contributed by atoms with Crippen LogP contribution in [0, 0.1) is 12.3 Å². The molecule has 1 fully saturated rings. The molecule has 1 aromatic heterocycles. The van der Waals surface area contributed by atoms with E-state index in [4.69, 9.17) is 16.2 Å². The molecule has 0 unspecified atom stereocenters. The third-order valence-electron chi connectivity index (χ3n) is 4.77. The van der Waals surface area contributed by atoms with Gasteiger partial charge >= 0.3 is 0 Å². The first-order valence-corrected chi connectivity index (χ1v) is 10.1. The van der Waals surface area contributed by atoms with Crippen molar-refractivity contribution in [2.75, 3.05) is 44.2 Å². The van der Waals surface area contributed by atoms with Crippen LogP contribution in [0.2, 0.25) is 0 Å². The normalized spacial score (nSPS) is 14.1. The van der Waals surface area contributed by atoms with Crippen LogP contribution in [0.4, 0.5) is 5.69 Å². The Morgan fingerprint density at radius 3 is 2.71 bits per heavy atom. The van der Waals surface area contributed by atoms with Crippen LogP contribution in [0.15, 0.2) is 41.7 Å². The smallest absolute Gasteiger partial charge is 0.246 e. The van der Waals surface area contributed by atoms with Crippen molar-refractivity contribution in [3.05, 3.63) is 42.2 Å². The molecule has 0 spiro atoms. The Balaban J connectivity index is 0.00000341. The number of halogens is 1. The zero-order valence-corrected chi connectivity index (χ0v) is 20.3. The first kappa shape index (κ1) is 24.5. The highest BCUT2D eigenvalue weighted by molar-refractivity contribution is 14.0. The minimum Gasteiger partial charge on any atom is -0.481 e. The third kappa shape index (κ3) is 6.89. The molecule has 0 bridgehead atoms. The highest BCUT2D eigenvalue weighted by Crippen LogP contribution is 2.16. The molecule has 1 amide bonds. The van der Waals surface area contributed by atoms with Crippen LogP contribution >= 0.6 is 24.0 Å². The number of ether oxygens (including phenoxy) is 1. The van der Waals surface area contributed by atoms with E-state index in [1.165, 1.54) is 5.56 Å². The van der Waals surface area contributed by atoms with Gasteiger partial charge in [-0.1, -0.05) is 18.1 Å². The van der Waals surface area contributed by atoms with Crippen LogP contribution in [0.3, 0.4) is 0 Å². The van der Waals surface area contributed by atoms with Gasteiger partial charge in [0.15, 0.2) is 5.96 Å². The highest BCUT2D eigenvalue weighted by Gasteiger charge is 2.27. The van der Waals surface area contributed by atoms with E-state index < -0.39 is 0 Å². The number of carbonyl (C=O) groups excluding carboxylic acids is 1. The number of terminal acetylenes is 1. The van der Waals surface area contributed by atoms with E-state index in [9.17, 15) is 4.79 Å². The van der Waals surface area contributed by atoms with Crippen molar-refractivity contribution in [3.8, 4) is 18.1 Å². The van der Waals surface area contributed by atoms with Gasteiger partial charge in [-0.05, 0) is 31.0 Å². The van der Waals surface area contributed by atoms with E-state index in [0.29, 0.717) is 26.2 Å². The van der Waals surface area contributed by atoms with Crippen molar-refractivity contribution < 1.29 is 9.53 Å². The molecule has 1 aromatic carbocycles. The van der Waals surface area contributed by atoms with Crippen LogP contribution in [0.25, 0.3) is 0 Å². The fourth-order valence-corrected chi connectivity index (χ4v) is 3.27. The fourth-order valence-electron chi connectivity index (χ4n) is 3.27. The summed E-state index contributed by atoms with van der Waals surface area (Å²) in [5.41, 5.74) is 2.00. The summed E-state index contributed by atoms with van der Waals surface area (Å²) < 4.78 is 7.10. The topological polar surface area (TPSA) is 75.0 Å². The van der Waals surface area contributed by atoms with Crippen molar-refractivity contribution in [1.29, 1.82) is 0 Å².